The van der Waals surface area contributed by atoms with Crippen LogP contribution in [0, 0.1) is 0 Å². The lowest BCUT2D eigenvalue weighted by atomic mass is 10.1. The maximum atomic E-state index is 12.5. The molecule has 1 heterocycles. The summed E-state index contributed by atoms with van der Waals surface area (Å²) in [5.41, 5.74) is 2.58. The molecule has 1 saturated heterocycles. The number of para-hydroxylation sites is 1. The molecule has 1 fully saturated rings. The SMILES string of the molecule is CN(C)c1c(Cl)cccc1NC(=O)CS(=O)(=O)Nc1ccc(N2CCCCC2)cc1. The Bertz CT molecular complexity index is 988. The second kappa shape index (κ2) is 9.57. The zero-order valence-corrected chi connectivity index (χ0v) is 18.8. The number of rotatable bonds is 7. The van der Waals surface area contributed by atoms with Gasteiger partial charge in [0.1, 0.15) is 5.75 Å². The number of piperidine rings is 1. The highest BCUT2D eigenvalue weighted by Gasteiger charge is 2.19. The Hall–Kier alpha value is -2.45. The predicted octanol–water partition coefficient (Wildman–Crippen LogP) is 3.78. The normalized spacial score (nSPS) is 14.3. The Morgan fingerprint density at radius 1 is 1.07 bits per heavy atom. The van der Waals surface area contributed by atoms with Crippen molar-refractivity contribution in [2.24, 2.45) is 0 Å². The molecule has 2 N–H and O–H groups in total. The van der Waals surface area contributed by atoms with Crippen molar-refractivity contribution in [2.75, 3.05) is 52.8 Å². The van der Waals surface area contributed by atoms with Crippen LogP contribution >= 0.6 is 11.6 Å². The first kappa shape index (κ1) is 22.2. The van der Waals surface area contributed by atoms with Crippen LogP contribution < -0.4 is 19.8 Å². The van der Waals surface area contributed by atoms with E-state index in [-0.39, 0.29) is 0 Å². The van der Waals surface area contributed by atoms with Crippen molar-refractivity contribution in [1.29, 1.82) is 0 Å². The quantitative estimate of drug-likeness (QED) is 0.670. The molecule has 0 bridgehead atoms. The molecule has 2 aromatic carbocycles. The number of carbonyl (C=O) groups excluding carboxylic acids is 1. The standard InChI is InChI=1S/C21H27ClN4O3S/c1-25(2)21-18(22)7-6-8-19(21)23-20(27)15-30(28,29)24-16-9-11-17(12-10-16)26-13-4-3-5-14-26/h6-12,24H,3-5,13-15H2,1-2H3,(H,23,27). The maximum absolute atomic E-state index is 12.5. The van der Waals surface area contributed by atoms with Crippen LogP contribution in [0.15, 0.2) is 42.5 Å². The lowest BCUT2D eigenvalue weighted by Gasteiger charge is -2.28. The Morgan fingerprint density at radius 3 is 2.37 bits per heavy atom. The number of benzene rings is 2. The fourth-order valence-corrected chi connectivity index (χ4v) is 4.87. The van der Waals surface area contributed by atoms with Gasteiger partial charge in [-0.1, -0.05) is 17.7 Å². The van der Waals surface area contributed by atoms with E-state index in [0.717, 1.165) is 18.8 Å². The van der Waals surface area contributed by atoms with Crippen LogP contribution in [0.5, 0.6) is 0 Å². The molecular formula is C21H27ClN4O3S. The topological polar surface area (TPSA) is 81.8 Å². The van der Waals surface area contributed by atoms with Crippen molar-refractivity contribution in [3.8, 4) is 0 Å². The van der Waals surface area contributed by atoms with E-state index < -0.39 is 21.7 Å². The third-order valence-corrected chi connectivity index (χ3v) is 6.39. The number of amides is 1. The smallest absolute Gasteiger partial charge is 0.241 e. The van der Waals surface area contributed by atoms with Crippen LogP contribution in [0.1, 0.15) is 19.3 Å². The van der Waals surface area contributed by atoms with Crippen LogP contribution in [0.4, 0.5) is 22.7 Å². The predicted molar refractivity (Wildman–Crippen MR) is 124 cm³/mol. The van der Waals surface area contributed by atoms with Gasteiger partial charge in [0.25, 0.3) is 0 Å². The number of anilines is 4. The fourth-order valence-electron chi connectivity index (χ4n) is 3.54. The molecule has 3 rings (SSSR count). The second-order valence-electron chi connectivity index (χ2n) is 7.53. The maximum Gasteiger partial charge on any atom is 0.241 e. The molecular weight excluding hydrogens is 424 g/mol. The summed E-state index contributed by atoms with van der Waals surface area (Å²) in [5.74, 6) is -1.34. The second-order valence-corrected chi connectivity index (χ2v) is 9.66. The molecule has 162 valence electrons. The van der Waals surface area contributed by atoms with Gasteiger partial charge in [0.15, 0.2) is 0 Å². The summed E-state index contributed by atoms with van der Waals surface area (Å²) in [6, 6.07) is 12.3. The molecule has 7 nitrogen and oxygen atoms in total. The van der Waals surface area contributed by atoms with Gasteiger partial charge in [0, 0.05) is 38.6 Å². The molecule has 1 aliphatic heterocycles. The average Bonchev–Trinajstić information content (AvgIpc) is 2.68. The fraction of sp³-hybridized carbons (Fsp3) is 0.381. The highest BCUT2D eigenvalue weighted by Crippen LogP contribution is 2.32. The first-order valence-corrected chi connectivity index (χ1v) is 11.9. The lowest BCUT2D eigenvalue weighted by molar-refractivity contribution is -0.113. The van der Waals surface area contributed by atoms with Gasteiger partial charge in [-0.25, -0.2) is 8.42 Å². The number of nitrogens with one attached hydrogen (secondary N) is 2. The van der Waals surface area contributed by atoms with E-state index >= 15 is 0 Å². The highest BCUT2D eigenvalue weighted by atomic mass is 35.5. The molecule has 0 radical (unpaired) electrons. The molecule has 0 unspecified atom stereocenters. The summed E-state index contributed by atoms with van der Waals surface area (Å²) in [6.07, 6.45) is 3.60. The number of nitrogens with zero attached hydrogens (tertiary/aromatic N) is 2. The molecule has 1 amide bonds. The van der Waals surface area contributed by atoms with Crippen LogP contribution in [-0.4, -0.2) is 47.3 Å². The molecule has 0 spiro atoms. The van der Waals surface area contributed by atoms with Gasteiger partial charge < -0.3 is 15.1 Å². The number of carbonyl (C=O) groups is 1. The zero-order chi connectivity index (χ0) is 21.7. The van der Waals surface area contributed by atoms with Crippen molar-refractivity contribution >= 4 is 50.3 Å². The Kier molecular flexibility index (Phi) is 7.10. The van der Waals surface area contributed by atoms with E-state index in [1.54, 1.807) is 49.3 Å². The van der Waals surface area contributed by atoms with Gasteiger partial charge in [-0.05, 0) is 55.7 Å². The minimum absolute atomic E-state index is 0.431. The molecule has 0 aliphatic carbocycles. The van der Waals surface area contributed by atoms with Gasteiger partial charge in [-0.3, -0.25) is 9.52 Å². The summed E-state index contributed by atoms with van der Waals surface area (Å²) in [6.45, 7) is 2.04. The molecule has 0 aromatic heterocycles. The number of hydrogen-bond acceptors (Lipinski definition) is 5. The highest BCUT2D eigenvalue weighted by molar-refractivity contribution is 7.93. The van der Waals surface area contributed by atoms with Gasteiger partial charge in [-0.15, -0.1) is 0 Å². The van der Waals surface area contributed by atoms with Crippen LogP contribution in [-0.2, 0) is 14.8 Å². The molecule has 30 heavy (non-hydrogen) atoms. The summed E-state index contributed by atoms with van der Waals surface area (Å²) in [5, 5.41) is 3.10. The van der Waals surface area contributed by atoms with E-state index in [4.69, 9.17) is 11.6 Å². The van der Waals surface area contributed by atoms with Crippen LogP contribution in [0.3, 0.4) is 0 Å². The lowest BCUT2D eigenvalue weighted by Crippen LogP contribution is -2.29. The van der Waals surface area contributed by atoms with Crippen molar-refractivity contribution in [3.05, 3.63) is 47.5 Å². The molecule has 0 atom stereocenters. The van der Waals surface area contributed by atoms with Crippen molar-refractivity contribution < 1.29 is 13.2 Å². The van der Waals surface area contributed by atoms with Gasteiger partial charge >= 0.3 is 0 Å². The largest absolute Gasteiger partial charge is 0.375 e. The number of hydrogen-bond donors (Lipinski definition) is 2. The molecule has 1 aliphatic rings. The summed E-state index contributed by atoms with van der Waals surface area (Å²) >= 11 is 6.19. The Balaban J connectivity index is 1.62. The van der Waals surface area contributed by atoms with Crippen molar-refractivity contribution in [1.82, 2.24) is 0 Å². The van der Waals surface area contributed by atoms with E-state index in [0.29, 0.717) is 22.1 Å². The van der Waals surface area contributed by atoms with E-state index in [2.05, 4.69) is 14.9 Å². The van der Waals surface area contributed by atoms with Gasteiger partial charge in [-0.2, -0.15) is 0 Å². The monoisotopic (exact) mass is 450 g/mol. The van der Waals surface area contributed by atoms with Gasteiger partial charge in [0.2, 0.25) is 15.9 Å². The average molecular weight is 451 g/mol. The third kappa shape index (κ3) is 5.79. The van der Waals surface area contributed by atoms with Crippen molar-refractivity contribution in [2.45, 2.75) is 19.3 Å². The Labute approximate surface area is 183 Å². The summed E-state index contributed by atoms with van der Waals surface area (Å²) in [7, 11) is -0.268. The number of halogens is 1. The van der Waals surface area contributed by atoms with E-state index in [1.165, 1.54) is 19.3 Å². The first-order valence-electron chi connectivity index (χ1n) is 9.86. The molecule has 2 aromatic rings. The van der Waals surface area contributed by atoms with Crippen LogP contribution in [0.25, 0.3) is 0 Å². The zero-order valence-electron chi connectivity index (χ0n) is 17.2. The first-order chi connectivity index (χ1) is 14.2. The molecule has 0 saturated carbocycles. The third-order valence-electron chi connectivity index (χ3n) is 4.89. The van der Waals surface area contributed by atoms with Crippen molar-refractivity contribution in [3.63, 3.8) is 0 Å². The minimum atomic E-state index is -3.86. The van der Waals surface area contributed by atoms with Crippen LogP contribution in [0.2, 0.25) is 5.02 Å². The minimum Gasteiger partial charge on any atom is -0.375 e. The summed E-state index contributed by atoms with van der Waals surface area (Å²) in [4.78, 5) is 16.4. The van der Waals surface area contributed by atoms with E-state index in [1.807, 2.05) is 12.1 Å². The Morgan fingerprint density at radius 2 is 1.73 bits per heavy atom. The van der Waals surface area contributed by atoms with E-state index in [9.17, 15) is 13.2 Å². The number of sulfonamides is 1. The van der Waals surface area contributed by atoms with Gasteiger partial charge in [0.05, 0.1) is 16.4 Å². The summed E-state index contributed by atoms with van der Waals surface area (Å²) < 4.78 is 27.4. The molecule has 9 heteroatoms.